The molecule has 28 heavy (non-hydrogen) atoms. The summed E-state index contributed by atoms with van der Waals surface area (Å²) in [6, 6.07) is 6.30. The number of nitrogens with zero attached hydrogens (tertiary/aromatic N) is 4. The highest BCUT2D eigenvalue weighted by atomic mass is 16.6. The molecule has 1 fully saturated rings. The van der Waals surface area contributed by atoms with E-state index in [2.05, 4.69) is 15.5 Å². The molecule has 1 unspecified atom stereocenters. The summed E-state index contributed by atoms with van der Waals surface area (Å²) in [4.78, 5) is 31.6. The molecule has 0 aliphatic carbocycles. The SMILES string of the molecule is CCOC(=O)N1CCN(c2nc3ccc(C4=NNC(=O)CC4C)cc3o2)CC1. The molecule has 9 nitrogen and oxygen atoms in total. The summed E-state index contributed by atoms with van der Waals surface area (Å²) in [6.07, 6.45) is 0.141. The first-order chi connectivity index (χ1) is 13.5. The Morgan fingerprint density at radius 3 is 2.82 bits per heavy atom. The molecule has 2 aromatic rings. The summed E-state index contributed by atoms with van der Waals surface area (Å²) in [5, 5.41) is 4.20. The lowest BCUT2D eigenvalue weighted by molar-refractivity contribution is -0.121. The number of fused-ring (bicyclic) bond motifs is 1. The molecule has 0 saturated carbocycles. The van der Waals surface area contributed by atoms with E-state index in [1.54, 1.807) is 11.8 Å². The minimum absolute atomic E-state index is 0.0459. The largest absolute Gasteiger partial charge is 0.450 e. The molecule has 1 atom stereocenters. The van der Waals surface area contributed by atoms with E-state index in [-0.39, 0.29) is 17.9 Å². The van der Waals surface area contributed by atoms with Gasteiger partial charge in [-0.05, 0) is 19.1 Å². The van der Waals surface area contributed by atoms with Crippen molar-refractivity contribution >= 4 is 34.8 Å². The molecule has 0 spiro atoms. The van der Waals surface area contributed by atoms with Crippen molar-refractivity contribution < 1.29 is 18.7 Å². The van der Waals surface area contributed by atoms with E-state index in [9.17, 15) is 9.59 Å². The third-order valence-corrected chi connectivity index (χ3v) is 5.01. The van der Waals surface area contributed by atoms with Crippen LogP contribution in [-0.4, -0.2) is 60.4 Å². The van der Waals surface area contributed by atoms with Crippen LogP contribution < -0.4 is 10.3 Å². The van der Waals surface area contributed by atoms with E-state index in [1.165, 1.54) is 0 Å². The lowest BCUT2D eigenvalue weighted by atomic mass is 9.94. The summed E-state index contributed by atoms with van der Waals surface area (Å²) in [5.41, 5.74) is 5.72. The summed E-state index contributed by atoms with van der Waals surface area (Å²) in [6.45, 7) is 6.56. The number of rotatable bonds is 3. The van der Waals surface area contributed by atoms with E-state index in [4.69, 9.17) is 9.15 Å². The predicted molar refractivity (Wildman–Crippen MR) is 103 cm³/mol. The fourth-order valence-corrected chi connectivity index (χ4v) is 3.50. The van der Waals surface area contributed by atoms with Crippen LogP contribution in [0.25, 0.3) is 11.1 Å². The van der Waals surface area contributed by atoms with Gasteiger partial charge in [-0.25, -0.2) is 10.2 Å². The minimum atomic E-state index is -0.279. The van der Waals surface area contributed by atoms with Gasteiger partial charge in [-0.15, -0.1) is 0 Å². The van der Waals surface area contributed by atoms with Gasteiger partial charge in [0.15, 0.2) is 5.58 Å². The van der Waals surface area contributed by atoms with Gasteiger partial charge in [-0.2, -0.15) is 10.1 Å². The van der Waals surface area contributed by atoms with Gasteiger partial charge in [0, 0.05) is 44.1 Å². The van der Waals surface area contributed by atoms with Crippen molar-refractivity contribution in [3.63, 3.8) is 0 Å². The lowest BCUT2D eigenvalue weighted by Gasteiger charge is -2.32. The number of aromatic nitrogens is 1. The van der Waals surface area contributed by atoms with Crippen LogP contribution >= 0.6 is 0 Å². The quantitative estimate of drug-likeness (QED) is 0.867. The van der Waals surface area contributed by atoms with Gasteiger partial charge >= 0.3 is 6.09 Å². The molecule has 1 saturated heterocycles. The molecule has 2 amide bonds. The van der Waals surface area contributed by atoms with Gasteiger partial charge in [0.05, 0.1) is 12.3 Å². The Labute approximate surface area is 162 Å². The number of carbonyl (C=O) groups excluding carboxylic acids is 2. The molecule has 2 aliphatic heterocycles. The molecular weight excluding hydrogens is 362 g/mol. The van der Waals surface area contributed by atoms with Crippen molar-refractivity contribution in [2.45, 2.75) is 20.3 Å². The molecule has 1 N–H and O–H groups in total. The second-order valence-corrected chi connectivity index (χ2v) is 6.99. The fraction of sp³-hybridized carbons (Fsp3) is 0.474. The van der Waals surface area contributed by atoms with Crippen LogP contribution in [0.4, 0.5) is 10.8 Å². The van der Waals surface area contributed by atoms with Gasteiger partial charge in [0.25, 0.3) is 6.01 Å². The van der Waals surface area contributed by atoms with Gasteiger partial charge < -0.3 is 19.0 Å². The maximum atomic E-state index is 11.8. The highest BCUT2D eigenvalue weighted by Crippen LogP contribution is 2.26. The van der Waals surface area contributed by atoms with Crippen LogP contribution in [-0.2, 0) is 9.53 Å². The number of hydrogen-bond acceptors (Lipinski definition) is 7. The highest BCUT2D eigenvalue weighted by Gasteiger charge is 2.26. The minimum Gasteiger partial charge on any atom is -0.450 e. The molecule has 1 aromatic carbocycles. The Hall–Kier alpha value is -3.10. The number of oxazole rings is 1. The first-order valence-electron chi connectivity index (χ1n) is 9.49. The van der Waals surface area contributed by atoms with Gasteiger partial charge in [0.1, 0.15) is 5.52 Å². The average Bonchev–Trinajstić information content (AvgIpc) is 3.11. The number of hydrogen-bond donors (Lipinski definition) is 1. The molecule has 1 aromatic heterocycles. The van der Waals surface area contributed by atoms with Crippen LogP contribution in [0.15, 0.2) is 27.7 Å². The van der Waals surface area contributed by atoms with Crippen molar-refractivity contribution in [2.24, 2.45) is 11.0 Å². The van der Waals surface area contributed by atoms with Gasteiger partial charge in [-0.3, -0.25) is 4.79 Å². The van der Waals surface area contributed by atoms with E-state index in [0.29, 0.717) is 50.8 Å². The summed E-state index contributed by atoms with van der Waals surface area (Å²) >= 11 is 0. The van der Waals surface area contributed by atoms with Gasteiger partial charge in [0.2, 0.25) is 5.91 Å². The Bertz CT molecular complexity index is 930. The maximum Gasteiger partial charge on any atom is 0.409 e. The van der Waals surface area contributed by atoms with Crippen LogP contribution in [0.5, 0.6) is 0 Å². The summed E-state index contributed by atoms with van der Waals surface area (Å²) < 4.78 is 11.0. The summed E-state index contributed by atoms with van der Waals surface area (Å²) in [5.74, 6) is -0.0224. The highest BCUT2D eigenvalue weighted by molar-refractivity contribution is 6.07. The fourth-order valence-electron chi connectivity index (χ4n) is 3.50. The molecular formula is C19H23N5O4. The van der Waals surface area contributed by atoms with Crippen molar-refractivity contribution in [1.29, 1.82) is 0 Å². The zero-order chi connectivity index (χ0) is 19.7. The third kappa shape index (κ3) is 3.51. The molecule has 148 valence electrons. The molecule has 3 heterocycles. The second kappa shape index (κ2) is 7.49. The molecule has 0 bridgehead atoms. The van der Waals surface area contributed by atoms with Crippen molar-refractivity contribution in [1.82, 2.24) is 15.3 Å². The van der Waals surface area contributed by atoms with Crippen LogP contribution in [0.3, 0.4) is 0 Å². The Balaban J connectivity index is 1.50. The van der Waals surface area contributed by atoms with Crippen LogP contribution in [0.1, 0.15) is 25.8 Å². The zero-order valence-corrected chi connectivity index (χ0v) is 16.0. The van der Waals surface area contributed by atoms with Crippen molar-refractivity contribution in [3.8, 4) is 0 Å². The Morgan fingerprint density at radius 2 is 2.11 bits per heavy atom. The van der Waals surface area contributed by atoms with Crippen molar-refractivity contribution in [3.05, 3.63) is 23.8 Å². The Morgan fingerprint density at radius 1 is 1.32 bits per heavy atom. The first-order valence-corrected chi connectivity index (χ1v) is 9.49. The number of benzene rings is 1. The molecule has 0 radical (unpaired) electrons. The normalized spacial score (nSPS) is 20.1. The molecule has 4 rings (SSSR count). The lowest BCUT2D eigenvalue weighted by Crippen LogP contribution is -2.49. The number of amides is 2. The van der Waals surface area contributed by atoms with Crippen molar-refractivity contribution in [2.75, 3.05) is 37.7 Å². The van der Waals surface area contributed by atoms with Crippen LogP contribution in [0.2, 0.25) is 0 Å². The van der Waals surface area contributed by atoms with E-state index >= 15 is 0 Å². The number of ether oxygens (including phenoxy) is 1. The second-order valence-electron chi connectivity index (χ2n) is 6.99. The number of carbonyl (C=O) groups is 2. The number of anilines is 1. The van der Waals surface area contributed by atoms with Gasteiger partial charge in [-0.1, -0.05) is 13.0 Å². The van der Waals surface area contributed by atoms with E-state index in [0.717, 1.165) is 16.8 Å². The molecule has 2 aliphatic rings. The monoisotopic (exact) mass is 385 g/mol. The Kier molecular flexibility index (Phi) is 4.89. The molecule has 9 heteroatoms. The van der Waals surface area contributed by atoms with Crippen LogP contribution in [0, 0.1) is 5.92 Å². The number of piperazine rings is 1. The maximum absolute atomic E-state index is 11.8. The number of nitrogens with one attached hydrogen (secondary N) is 1. The summed E-state index contributed by atoms with van der Waals surface area (Å²) in [7, 11) is 0. The average molecular weight is 385 g/mol. The topological polar surface area (TPSA) is 100 Å². The predicted octanol–water partition coefficient (Wildman–Crippen LogP) is 1.97. The van der Waals surface area contributed by atoms with E-state index < -0.39 is 0 Å². The third-order valence-electron chi connectivity index (χ3n) is 5.01. The first kappa shape index (κ1) is 18.3. The zero-order valence-electron chi connectivity index (χ0n) is 16.0. The number of hydrazone groups is 1. The van der Waals surface area contributed by atoms with E-state index in [1.807, 2.05) is 30.0 Å². The smallest absolute Gasteiger partial charge is 0.409 e. The standard InChI is InChI=1S/C19H23N5O4/c1-3-27-19(26)24-8-6-23(7-9-24)18-20-14-5-4-13(11-15(14)28-18)17-12(2)10-16(25)21-22-17/h4-5,11-12H,3,6-10H2,1-2H3,(H,21,25).